The summed E-state index contributed by atoms with van der Waals surface area (Å²) in [7, 11) is 1.86. The summed E-state index contributed by atoms with van der Waals surface area (Å²) in [6, 6.07) is 0. The van der Waals surface area contributed by atoms with Gasteiger partial charge in [-0.15, -0.1) is 0 Å². The number of fused-ring (bicyclic) bond motifs is 2. The average molecular weight is 425 g/mol. The number of ketones is 1. The molecule has 2 rings (SSSR count). The molecule has 30 heavy (non-hydrogen) atoms. The van der Waals surface area contributed by atoms with Crippen molar-refractivity contribution in [3.63, 3.8) is 0 Å². The van der Waals surface area contributed by atoms with Gasteiger partial charge in [0.15, 0.2) is 11.7 Å². The highest BCUT2D eigenvalue weighted by Crippen LogP contribution is 2.32. The summed E-state index contributed by atoms with van der Waals surface area (Å²) in [5.41, 5.74) is -1.85. The molecular weight excluding hydrogens is 394 g/mol. The highest BCUT2D eigenvalue weighted by molar-refractivity contribution is 6.00. The maximum atomic E-state index is 13.0. The van der Waals surface area contributed by atoms with Crippen molar-refractivity contribution >= 4 is 23.7 Å². The van der Waals surface area contributed by atoms with Gasteiger partial charge in [-0.2, -0.15) is 0 Å². The summed E-state index contributed by atoms with van der Waals surface area (Å²) in [6.07, 6.45) is -0.0292. The van der Waals surface area contributed by atoms with Crippen molar-refractivity contribution in [2.24, 2.45) is 11.8 Å². The van der Waals surface area contributed by atoms with Crippen molar-refractivity contribution in [2.75, 3.05) is 26.7 Å². The lowest BCUT2D eigenvalue weighted by Crippen LogP contribution is -2.53. The predicted octanol–water partition coefficient (Wildman–Crippen LogP) is 0.631. The maximum Gasteiger partial charge on any atom is 0.338 e. The van der Waals surface area contributed by atoms with E-state index >= 15 is 0 Å². The molecule has 0 aromatic heterocycles. The number of nitrogens with zero attached hydrogens (tertiary/aromatic N) is 1. The lowest BCUT2D eigenvalue weighted by atomic mass is 9.79. The molecule has 2 aliphatic rings. The zero-order valence-electron chi connectivity index (χ0n) is 18.2. The van der Waals surface area contributed by atoms with E-state index in [2.05, 4.69) is 0 Å². The fourth-order valence-electron chi connectivity index (χ4n) is 3.66. The highest BCUT2D eigenvalue weighted by atomic mass is 16.6. The van der Waals surface area contributed by atoms with E-state index in [9.17, 15) is 24.3 Å². The Morgan fingerprint density at radius 2 is 2.03 bits per heavy atom. The van der Waals surface area contributed by atoms with E-state index in [0.29, 0.717) is 13.1 Å². The van der Waals surface area contributed by atoms with Crippen molar-refractivity contribution in [1.29, 1.82) is 0 Å². The Morgan fingerprint density at radius 3 is 2.63 bits per heavy atom. The maximum absolute atomic E-state index is 13.0. The van der Waals surface area contributed by atoms with Gasteiger partial charge in [-0.05, 0) is 20.4 Å². The number of rotatable bonds is 2. The Morgan fingerprint density at radius 1 is 1.37 bits per heavy atom. The van der Waals surface area contributed by atoms with E-state index in [4.69, 9.17) is 14.2 Å². The van der Waals surface area contributed by atoms with Gasteiger partial charge in [-0.3, -0.25) is 14.4 Å². The van der Waals surface area contributed by atoms with Gasteiger partial charge < -0.3 is 24.2 Å². The fourth-order valence-corrected chi connectivity index (χ4v) is 3.66. The van der Waals surface area contributed by atoms with Crippen LogP contribution in [0.3, 0.4) is 0 Å². The zero-order valence-corrected chi connectivity index (χ0v) is 18.2. The van der Waals surface area contributed by atoms with Crippen LogP contribution >= 0.6 is 0 Å². The number of hydrogen-bond donors (Lipinski definition) is 1. The Hall–Kier alpha value is -2.26. The van der Waals surface area contributed by atoms with E-state index in [0.717, 1.165) is 0 Å². The van der Waals surface area contributed by atoms with Gasteiger partial charge in [0.2, 0.25) is 5.78 Å². The number of carbonyl (C=O) groups excluding carboxylic acids is 4. The number of cyclic esters (lactones) is 1. The lowest BCUT2D eigenvalue weighted by molar-refractivity contribution is -0.188. The van der Waals surface area contributed by atoms with Gasteiger partial charge in [0.1, 0.15) is 12.7 Å². The van der Waals surface area contributed by atoms with Gasteiger partial charge in [0.05, 0.1) is 5.92 Å². The second-order valence-electron chi connectivity index (χ2n) is 8.17. The van der Waals surface area contributed by atoms with Crippen LogP contribution in [0.1, 0.15) is 40.5 Å². The number of Topliss-reactive ketones (excluding diaryl/α,β-unsaturated/α-hetero) is 1. The van der Waals surface area contributed by atoms with Crippen molar-refractivity contribution in [3.05, 3.63) is 11.6 Å². The summed E-state index contributed by atoms with van der Waals surface area (Å²) in [5, 5.41) is 10.9. The minimum atomic E-state index is -2.06. The predicted molar refractivity (Wildman–Crippen MR) is 105 cm³/mol. The molecule has 168 valence electrons. The van der Waals surface area contributed by atoms with Gasteiger partial charge in [0.25, 0.3) is 0 Å². The summed E-state index contributed by atoms with van der Waals surface area (Å²) in [4.78, 5) is 52.3. The van der Waals surface area contributed by atoms with Gasteiger partial charge >= 0.3 is 17.9 Å². The topological polar surface area (TPSA) is 119 Å². The number of aliphatic hydroxyl groups is 1. The molecule has 9 heteroatoms. The molecule has 0 aromatic rings. The Labute approximate surface area is 176 Å². The first-order valence-electron chi connectivity index (χ1n) is 10.2. The third kappa shape index (κ3) is 5.26. The molecule has 1 saturated heterocycles. The lowest BCUT2D eigenvalue weighted by Gasteiger charge is -2.37. The number of esters is 3. The van der Waals surface area contributed by atoms with E-state index in [1.165, 1.54) is 20.8 Å². The second-order valence-corrected chi connectivity index (χ2v) is 8.17. The van der Waals surface area contributed by atoms with Crippen molar-refractivity contribution < 1.29 is 38.5 Å². The summed E-state index contributed by atoms with van der Waals surface area (Å²) >= 11 is 0. The molecule has 1 fully saturated rings. The SMILES string of the molecule is CC[C@@H]1C(=O)O[C@@H]2CCN(C)C/C=C(/COC(=O)[C@](C)(O)[C@H](C)[C@H]1OC(C)=O)C2=O. The van der Waals surface area contributed by atoms with E-state index < -0.39 is 53.3 Å². The molecule has 0 saturated carbocycles. The first-order valence-corrected chi connectivity index (χ1v) is 10.2. The molecule has 1 N–H and O–H groups in total. The van der Waals surface area contributed by atoms with Gasteiger partial charge in [-0.25, -0.2) is 4.79 Å². The van der Waals surface area contributed by atoms with Crippen molar-refractivity contribution in [3.8, 4) is 0 Å². The van der Waals surface area contributed by atoms with Crippen molar-refractivity contribution in [1.82, 2.24) is 4.90 Å². The van der Waals surface area contributed by atoms with E-state index in [1.54, 1.807) is 13.0 Å². The Balaban J connectivity index is 2.52. The molecule has 0 unspecified atom stereocenters. The third-order valence-electron chi connectivity index (χ3n) is 5.88. The molecular formula is C21H31NO8. The number of hydrogen-bond acceptors (Lipinski definition) is 9. The highest BCUT2D eigenvalue weighted by Gasteiger charge is 2.49. The van der Waals surface area contributed by atoms with Crippen LogP contribution in [-0.4, -0.2) is 78.3 Å². The van der Waals surface area contributed by atoms with Crippen LogP contribution in [0.25, 0.3) is 0 Å². The monoisotopic (exact) mass is 425 g/mol. The molecule has 0 aromatic carbocycles. The molecule has 0 radical (unpaired) electrons. The first-order chi connectivity index (χ1) is 14.0. The molecule has 0 spiro atoms. The quantitative estimate of drug-likeness (QED) is 0.502. The second kappa shape index (κ2) is 9.70. The largest absolute Gasteiger partial charge is 0.461 e. The molecule has 2 heterocycles. The van der Waals surface area contributed by atoms with Crippen LogP contribution in [0.5, 0.6) is 0 Å². The molecule has 9 nitrogen and oxygen atoms in total. The van der Waals surface area contributed by atoms with Crippen LogP contribution in [0.2, 0.25) is 0 Å². The summed E-state index contributed by atoms with van der Waals surface area (Å²) in [6.45, 7) is 6.28. The van der Waals surface area contributed by atoms with Gasteiger partial charge in [-0.1, -0.05) is 19.9 Å². The molecule has 0 amide bonds. The Kier molecular flexibility index (Phi) is 7.76. The van der Waals surface area contributed by atoms with Crippen molar-refractivity contribution in [2.45, 2.75) is 58.3 Å². The van der Waals surface area contributed by atoms with Crippen LogP contribution in [0.4, 0.5) is 0 Å². The van der Waals surface area contributed by atoms with E-state index in [1.807, 2.05) is 11.9 Å². The summed E-state index contributed by atoms with van der Waals surface area (Å²) < 4.78 is 16.2. The van der Waals surface area contributed by atoms with Crippen LogP contribution < -0.4 is 0 Å². The van der Waals surface area contributed by atoms with E-state index in [-0.39, 0.29) is 25.0 Å². The fraction of sp³-hybridized carbons (Fsp3) is 0.714. The number of likely N-dealkylation sites (N-methyl/N-ethyl adjacent to an activating group) is 1. The molecule has 2 bridgehead atoms. The smallest absolute Gasteiger partial charge is 0.338 e. The molecule has 0 aliphatic carbocycles. The summed E-state index contributed by atoms with van der Waals surface area (Å²) in [5.74, 6) is -4.70. The Bertz CT molecular complexity index is 729. The number of carbonyl (C=O) groups is 4. The standard InChI is InChI=1S/C21H31NO8/c1-6-15-18(29-13(3)23)12(2)21(4,27)20(26)28-11-14-7-9-22(5)10-8-16(17(14)24)30-19(15)25/h7,12,15-16,18,27H,6,8-11H2,1-5H3/b14-7-/t12-,15+,16-,18-,21-/m1/s1. The third-order valence-corrected chi connectivity index (χ3v) is 5.88. The first kappa shape index (κ1) is 24.0. The minimum Gasteiger partial charge on any atom is -0.461 e. The number of ether oxygens (including phenoxy) is 3. The van der Waals surface area contributed by atoms with Gasteiger partial charge in [0, 0.05) is 37.9 Å². The van der Waals surface area contributed by atoms with Crippen LogP contribution in [0.15, 0.2) is 11.6 Å². The minimum absolute atomic E-state index is 0.210. The zero-order chi connectivity index (χ0) is 22.6. The van der Waals surface area contributed by atoms with Crippen LogP contribution in [-0.2, 0) is 33.4 Å². The molecule has 5 atom stereocenters. The molecule has 2 aliphatic heterocycles. The average Bonchev–Trinajstić information content (AvgIpc) is 2.67. The van der Waals surface area contributed by atoms with Crippen LogP contribution in [0, 0.1) is 11.8 Å². The normalized spacial score (nSPS) is 36.1.